The summed E-state index contributed by atoms with van der Waals surface area (Å²) in [5.74, 6) is 0. The average Bonchev–Trinajstić information content (AvgIpc) is 2.42. The van der Waals surface area contributed by atoms with Crippen LogP contribution in [0.5, 0.6) is 0 Å². The number of rotatable bonds is 2. The molecule has 0 bridgehead atoms. The lowest BCUT2D eigenvalue weighted by Gasteiger charge is -2.12. The van der Waals surface area contributed by atoms with E-state index in [4.69, 9.17) is 0 Å². The average molecular weight is 392 g/mol. The summed E-state index contributed by atoms with van der Waals surface area (Å²) in [5.41, 5.74) is 4.33. The van der Waals surface area contributed by atoms with E-state index in [-0.39, 0.29) is 0 Å². The number of anilines is 2. The lowest BCUT2D eigenvalue weighted by Crippen LogP contribution is -1.95. The van der Waals surface area contributed by atoms with E-state index in [0.717, 1.165) is 31.2 Å². The van der Waals surface area contributed by atoms with E-state index >= 15 is 0 Å². The number of benzene rings is 2. The monoisotopic (exact) mass is 390 g/mol. The molecule has 2 nitrogen and oxygen atoms in total. The summed E-state index contributed by atoms with van der Waals surface area (Å²) in [6.07, 6.45) is 1.83. The number of pyridine rings is 1. The van der Waals surface area contributed by atoms with Crippen molar-refractivity contribution < 1.29 is 0 Å². The van der Waals surface area contributed by atoms with E-state index < -0.39 is 0 Å². The van der Waals surface area contributed by atoms with Crippen LogP contribution < -0.4 is 5.32 Å². The van der Waals surface area contributed by atoms with Gasteiger partial charge in [0.25, 0.3) is 0 Å². The van der Waals surface area contributed by atoms with Crippen LogP contribution in [0.4, 0.5) is 11.4 Å². The molecule has 3 aromatic rings. The van der Waals surface area contributed by atoms with Crippen molar-refractivity contribution in [3.63, 3.8) is 0 Å². The van der Waals surface area contributed by atoms with E-state index in [1.165, 1.54) is 5.56 Å². The van der Waals surface area contributed by atoms with Gasteiger partial charge >= 0.3 is 0 Å². The van der Waals surface area contributed by atoms with Gasteiger partial charge in [-0.1, -0.05) is 31.9 Å². The fourth-order valence-corrected chi connectivity index (χ4v) is 2.98. The lowest BCUT2D eigenvalue weighted by molar-refractivity contribution is 1.38. The van der Waals surface area contributed by atoms with Crippen molar-refractivity contribution >= 4 is 54.1 Å². The molecule has 1 aromatic heterocycles. The van der Waals surface area contributed by atoms with Gasteiger partial charge in [0.15, 0.2) is 0 Å². The third-order valence-electron chi connectivity index (χ3n) is 3.16. The molecule has 2 aromatic carbocycles. The van der Waals surface area contributed by atoms with Gasteiger partial charge in [-0.2, -0.15) is 0 Å². The molecular weight excluding hydrogens is 380 g/mol. The van der Waals surface area contributed by atoms with Gasteiger partial charge in [0.1, 0.15) is 0 Å². The largest absolute Gasteiger partial charge is 0.355 e. The van der Waals surface area contributed by atoms with Gasteiger partial charge in [-0.05, 0) is 55.0 Å². The number of fused-ring (bicyclic) bond motifs is 1. The predicted molar refractivity (Wildman–Crippen MR) is 91.6 cm³/mol. The molecule has 0 spiro atoms. The van der Waals surface area contributed by atoms with Gasteiger partial charge in [-0.25, -0.2) is 0 Å². The highest BCUT2D eigenvalue weighted by Crippen LogP contribution is 2.29. The molecular formula is C16H12Br2N2. The number of nitrogens with zero attached hydrogens (tertiary/aromatic N) is 1. The van der Waals surface area contributed by atoms with Crippen molar-refractivity contribution in [2.24, 2.45) is 0 Å². The SMILES string of the molecule is Cc1cc(Br)ccc1Nc1ccnc2ccc(Br)cc12. The molecule has 0 amide bonds. The second-order valence-corrected chi connectivity index (χ2v) is 6.44. The Bertz CT molecular complexity index is 785. The number of hydrogen-bond donors (Lipinski definition) is 1. The van der Waals surface area contributed by atoms with Gasteiger partial charge in [-0.15, -0.1) is 0 Å². The van der Waals surface area contributed by atoms with Crippen molar-refractivity contribution in [1.29, 1.82) is 0 Å². The summed E-state index contributed by atoms with van der Waals surface area (Å²) in [5, 5.41) is 4.59. The molecule has 0 saturated heterocycles. The fraction of sp³-hybridized carbons (Fsp3) is 0.0625. The first-order chi connectivity index (χ1) is 9.63. The molecule has 20 heavy (non-hydrogen) atoms. The Morgan fingerprint density at radius 2 is 1.65 bits per heavy atom. The Hall–Kier alpha value is -1.39. The quantitative estimate of drug-likeness (QED) is 0.595. The number of aryl methyl sites for hydroxylation is 1. The molecule has 100 valence electrons. The van der Waals surface area contributed by atoms with Crippen LogP contribution in [0.15, 0.2) is 57.6 Å². The minimum atomic E-state index is 0.980. The minimum Gasteiger partial charge on any atom is -0.355 e. The fourth-order valence-electron chi connectivity index (χ4n) is 2.14. The molecule has 3 rings (SSSR count). The smallest absolute Gasteiger partial charge is 0.0723 e. The van der Waals surface area contributed by atoms with Crippen molar-refractivity contribution in [3.8, 4) is 0 Å². The van der Waals surface area contributed by atoms with Gasteiger partial charge in [-0.3, -0.25) is 4.98 Å². The molecule has 0 saturated carbocycles. The van der Waals surface area contributed by atoms with E-state index in [1.54, 1.807) is 0 Å². The number of halogens is 2. The Labute approximate surface area is 134 Å². The van der Waals surface area contributed by atoms with E-state index in [1.807, 2.05) is 30.5 Å². The first-order valence-corrected chi connectivity index (χ1v) is 7.79. The maximum Gasteiger partial charge on any atom is 0.0723 e. The van der Waals surface area contributed by atoms with Gasteiger partial charge in [0.05, 0.1) is 5.52 Å². The molecule has 1 heterocycles. The standard InChI is InChI=1S/C16H12Br2N2/c1-10-8-11(17)2-4-14(10)20-16-6-7-19-15-5-3-12(18)9-13(15)16/h2-9H,1H3,(H,19,20). The van der Waals surface area contributed by atoms with Gasteiger partial charge in [0, 0.05) is 31.9 Å². The molecule has 0 unspecified atom stereocenters. The Kier molecular flexibility index (Phi) is 3.76. The van der Waals surface area contributed by atoms with E-state index in [9.17, 15) is 0 Å². The third kappa shape index (κ3) is 2.72. The molecule has 0 radical (unpaired) electrons. The molecule has 0 aliphatic rings. The number of aromatic nitrogens is 1. The normalized spacial score (nSPS) is 10.8. The molecule has 0 aliphatic carbocycles. The van der Waals surface area contributed by atoms with Crippen LogP contribution in [0.3, 0.4) is 0 Å². The van der Waals surface area contributed by atoms with Crippen molar-refractivity contribution in [3.05, 3.63) is 63.2 Å². The van der Waals surface area contributed by atoms with E-state index in [2.05, 4.69) is 67.3 Å². The first kappa shape index (κ1) is 13.6. The Morgan fingerprint density at radius 3 is 2.45 bits per heavy atom. The van der Waals surface area contributed by atoms with Crippen LogP contribution in [0.1, 0.15) is 5.56 Å². The summed E-state index contributed by atoms with van der Waals surface area (Å²) < 4.78 is 2.14. The van der Waals surface area contributed by atoms with Crippen LogP contribution in [0.25, 0.3) is 10.9 Å². The zero-order chi connectivity index (χ0) is 14.1. The second kappa shape index (κ2) is 5.54. The summed E-state index contributed by atoms with van der Waals surface area (Å²) in [7, 11) is 0. The lowest BCUT2D eigenvalue weighted by atomic mass is 10.1. The highest BCUT2D eigenvalue weighted by Gasteiger charge is 2.05. The summed E-state index contributed by atoms with van der Waals surface area (Å²) in [6.45, 7) is 2.09. The van der Waals surface area contributed by atoms with Gasteiger partial charge < -0.3 is 5.32 Å². The Balaban J connectivity index is 2.08. The van der Waals surface area contributed by atoms with Crippen LogP contribution in [0.2, 0.25) is 0 Å². The van der Waals surface area contributed by atoms with Crippen molar-refractivity contribution in [2.75, 3.05) is 5.32 Å². The Morgan fingerprint density at radius 1 is 0.900 bits per heavy atom. The van der Waals surface area contributed by atoms with Crippen molar-refractivity contribution in [1.82, 2.24) is 4.98 Å². The van der Waals surface area contributed by atoms with Gasteiger partial charge in [0.2, 0.25) is 0 Å². The summed E-state index contributed by atoms with van der Waals surface area (Å²) in [4.78, 5) is 4.39. The summed E-state index contributed by atoms with van der Waals surface area (Å²) >= 11 is 7.00. The zero-order valence-corrected chi connectivity index (χ0v) is 14.0. The predicted octanol–water partition coefficient (Wildman–Crippen LogP) is 5.81. The molecule has 0 fully saturated rings. The van der Waals surface area contributed by atoms with Crippen LogP contribution >= 0.6 is 31.9 Å². The maximum absolute atomic E-state index is 4.39. The molecule has 0 aliphatic heterocycles. The number of hydrogen-bond acceptors (Lipinski definition) is 2. The highest BCUT2D eigenvalue weighted by atomic mass is 79.9. The van der Waals surface area contributed by atoms with E-state index in [0.29, 0.717) is 0 Å². The highest BCUT2D eigenvalue weighted by molar-refractivity contribution is 9.10. The minimum absolute atomic E-state index is 0.980. The number of nitrogens with one attached hydrogen (secondary N) is 1. The molecule has 4 heteroatoms. The van der Waals surface area contributed by atoms with Crippen LogP contribution in [0, 0.1) is 6.92 Å². The molecule has 1 N–H and O–H groups in total. The molecule has 0 atom stereocenters. The first-order valence-electron chi connectivity index (χ1n) is 6.21. The third-order valence-corrected chi connectivity index (χ3v) is 4.15. The van der Waals surface area contributed by atoms with Crippen LogP contribution in [-0.4, -0.2) is 4.98 Å². The van der Waals surface area contributed by atoms with Crippen LogP contribution in [-0.2, 0) is 0 Å². The second-order valence-electron chi connectivity index (χ2n) is 4.60. The van der Waals surface area contributed by atoms with Crippen molar-refractivity contribution in [2.45, 2.75) is 6.92 Å². The topological polar surface area (TPSA) is 24.9 Å². The maximum atomic E-state index is 4.39. The summed E-state index contributed by atoms with van der Waals surface area (Å²) in [6, 6.07) is 14.3. The zero-order valence-electron chi connectivity index (χ0n) is 10.8.